The molecule has 0 heterocycles. The monoisotopic (exact) mass is 900 g/mol. The van der Waals surface area contributed by atoms with Crippen molar-refractivity contribution >= 4 is 55.7 Å². The zero-order valence-electron chi connectivity index (χ0n) is 40.3. The first-order valence-electron chi connectivity index (χ1n) is 24.6. The van der Waals surface area contributed by atoms with Gasteiger partial charge in [-0.15, -0.1) is 0 Å². The Hall–Kier alpha value is -8.46. The first-order valence-corrected chi connectivity index (χ1v) is 24.6. The van der Waals surface area contributed by atoms with Crippen molar-refractivity contribution in [2.24, 2.45) is 0 Å². The molecule has 0 atom stereocenters. The van der Waals surface area contributed by atoms with Gasteiger partial charge in [0, 0.05) is 34.1 Å². The predicted molar refractivity (Wildman–Crippen MR) is 301 cm³/mol. The van der Waals surface area contributed by atoms with E-state index in [1.807, 2.05) is 0 Å². The third-order valence-electron chi connectivity index (χ3n) is 13.8. The van der Waals surface area contributed by atoms with Crippen LogP contribution in [0, 0.1) is 0 Å². The lowest BCUT2D eigenvalue weighted by Gasteiger charge is -2.29. The Balaban J connectivity index is 1.06. The molecule has 0 N–H and O–H groups in total. The van der Waals surface area contributed by atoms with E-state index in [0.717, 1.165) is 34.1 Å². The molecule has 0 aliphatic carbocycles. The van der Waals surface area contributed by atoms with E-state index in [2.05, 4.69) is 292 Å². The number of rotatable bonds is 12. The van der Waals surface area contributed by atoms with Gasteiger partial charge in [-0.1, -0.05) is 210 Å². The zero-order valence-corrected chi connectivity index (χ0v) is 40.3. The molecule has 0 saturated heterocycles. The summed E-state index contributed by atoms with van der Waals surface area (Å²) in [6.07, 6.45) is 0. The molecule has 0 radical (unpaired) electrons. The molecule has 2 heteroatoms. The van der Waals surface area contributed by atoms with Crippen molar-refractivity contribution in [2.75, 3.05) is 9.80 Å². The van der Waals surface area contributed by atoms with Crippen molar-refractivity contribution in [3.05, 3.63) is 266 Å². The number of nitrogens with zero attached hydrogens (tertiary/aromatic N) is 2. The highest BCUT2D eigenvalue weighted by Crippen LogP contribution is 2.46. The van der Waals surface area contributed by atoms with Crippen LogP contribution in [0.25, 0.3) is 66.1 Å². The van der Waals surface area contributed by atoms with Crippen molar-refractivity contribution < 1.29 is 0 Å². The summed E-state index contributed by atoms with van der Waals surface area (Å²) in [5, 5.41) is 5.20. The third-order valence-corrected chi connectivity index (χ3v) is 13.8. The van der Waals surface area contributed by atoms with E-state index in [1.165, 1.54) is 77.2 Å². The van der Waals surface area contributed by atoms with Crippen LogP contribution in [0.4, 0.5) is 34.1 Å². The quantitative estimate of drug-likeness (QED) is 0.113. The fourth-order valence-corrected chi connectivity index (χ4v) is 10.4. The molecule has 338 valence electrons. The molecule has 0 aromatic heterocycles. The Labute approximate surface area is 413 Å². The van der Waals surface area contributed by atoms with Gasteiger partial charge in [-0.3, -0.25) is 0 Å². The molecule has 0 aliphatic heterocycles. The molecule has 70 heavy (non-hydrogen) atoms. The van der Waals surface area contributed by atoms with Gasteiger partial charge in [0.15, 0.2) is 0 Å². The average Bonchev–Trinajstić information content (AvgIpc) is 3.42. The lowest BCUT2D eigenvalue weighted by atomic mass is 9.83. The van der Waals surface area contributed by atoms with Crippen LogP contribution in [0.5, 0.6) is 0 Å². The van der Waals surface area contributed by atoms with Gasteiger partial charge in [0.05, 0.1) is 0 Å². The van der Waals surface area contributed by atoms with Gasteiger partial charge < -0.3 is 9.80 Å². The minimum Gasteiger partial charge on any atom is -0.310 e. The second-order valence-corrected chi connectivity index (χ2v) is 18.9. The number of fused-ring (bicyclic) bond motifs is 2. The van der Waals surface area contributed by atoms with E-state index < -0.39 is 0 Å². The minimum atomic E-state index is 0.267. The summed E-state index contributed by atoms with van der Waals surface area (Å²) in [5.41, 5.74) is 19.1. The summed E-state index contributed by atoms with van der Waals surface area (Å²) in [4.78, 5) is 4.83. The fourth-order valence-electron chi connectivity index (χ4n) is 10.4. The van der Waals surface area contributed by atoms with Crippen molar-refractivity contribution in [1.29, 1.82) is 0 Å². The summed E-state index contributed by atoms with van der Waals surface area (Å²) in [6, 6.07) is 93.0. The van der Waals surface area contributed by atoms with Gasteiger partial charge >= 0.3 is 0 Å². The summed E-state index contributed by atoms with van der Waals surface area (Å²) in [5.74, 6) is 0.534. The van der Waals surface area contributed by atoms with E-state index >= 15 is 0 Å². The van der Waals surface area contributed by atoms with Crippen LogP contribution in [0.15, 0.2) is 255 Å². The van der Waals surface area contributed by atoms with E-state index in [4.69, 9.17) is 0 Å². The Morgan fingerprint density at radius 1 is 0.214 bits per heavy atom. The van der Waals surface area contributed by atoms with Gasteiger partial charge in [-0.05, 0) is 162 Å². The largest absolute Gasteiger partial charge is 0.310 e. The van der Waals surface area contributed by atoms with Crippen LogP contribution < -0.4 is 9.80 Å². The maximum atomic E-state index is 2.45. The zero-order chi connectivity index (χ0) is 47.6. The molecule has 11 aromatic carbocycles. The van der Waals surface area contributed by atoms with E-state index in [0.29, 0.717) is 0 Å². The van der Waals surface area contributed by atoms with Crippen LogP contribution in [0.3, 0.4) is 0 Å². The highest BCUT2D eigenvalue weighted by molar-refractivity contribution is 6.09. The number of anilines is 6. The Morgan fingerprint density at radius 3 is 0.657 bits per heavy atom. The first kappa shape index (κ1) is 44.1. The number of benzene rings is 11. The van der Waals surface area contributed by atoms with Gasteiger partial charge in [-0.2, -0.15) is 0 Å². The summed E-state index contributed by atoms with van der Waals surface area (Å²) >= 11 is 0. The van der Waals surface area contributed by atoms with E-state index in [-0.39, 0.29) is 11.8 Å². The summed E-state index contributed by atoms with van der Waals surface area (Å²) in [6.45, 7) is 9.39. The first-order chi connectivity index (χ1) is 34.4. The molecule has 0 amide bonds. The van der Waals surface area contributed by atoms with Crippen LogP contribution in [0.1, 0.15) is 50.7 Å². The molecule has 0 unspecified atom stereocenters. The Morgan fingerprint density at radius 2 is 0.429 bits per heavy atom. The topological polar surface area (TPSA) is 6.48 Å². The SMILES string of the molecule is CC(C)c1c2ccc(N(c3ccc(-c4ccccc4)cc3)c3ccc(-c4ccccc4)cc3)cc2c(C(C)C)c2ccc(N(c3ccc(-c4ccccc4)cc3)c3ccc(-c4ccccc4)cc3)cc12. The molecule has 11 rings (SSSR count). The molecular formula is C68H56N2. The van der Waals surface area contributed by atoms with Gasteiger partial charge in [-0.25, -0.2) is 0 Å². The fraction of sp³-hybridized carbons (Fsp3) is 0.0882. The van der Waals surface area contributed by atoms with E-state index in [1.54, 1.807) is 0 Å². The molecule has 0 bridgehead atoms. The van der Waals surface area contributed by atoms with Gasteiger partial charge in [0.2, 0.25) is 0 Å². The maximum absolute atomic E-state index is 2.45. The predicted octanol–water partition coefficient (Wildman–Crippen LogP) is 19.8. The second-order valence-electron chi connectivity index (χ2n) is 18.9. The molecule has 2 nitrogen and oxygen atoms in total. The third kappa shape index (κ3) is 8.66. The van der Waals surface area contributed by atoms with Gasteiger partial charge in [0.1, 0.15) is 0 Å². The Kier molecular flexibility index (Phi) is 12.1. The summed E-state index contributed by atoms with van der Waals surface area (Å²) in [7, 11) is 0. The summed E-state index contributed by atoms with van der Waals surface area (Å²) < 4.78 is 0. The highest BCUT2D eigenvalue weighted by Gasteiger charge is 2.23. The smallest absolute Gasteiger partial charge is 0.0468 e. The maximum Gasteiger partial charge on any atom is 0.0468 e. The molecule has 0 saturated carbocycles. The van der Waals surface area contributed by atoms with Gasteiger partial charge in [0.25, 0.3) is 0 Å². The lowest BCUT2D eigenvalue weighted by molar-refractivity contribution is 0.873. The minimum absolute atomic E-state index is 0.267. The van der Waals surface area contributed by atoms with Crippen LogP contribution in [0.2, 0.25) is 0 Å². The van der Waals surface area contributed by atoms with Crippen LogP contribution in [-0.2, 0) is 0 Å². The molecule has 0 spiro atoms. The van der Waals surface area contributed by atoms with Crippen molar-refractivity contribution in [3.8, 4) is 44.5 Å². The van der Waals surface area contributed by atoms with Crippen molar-refractivity contribution in [2.45, 2.75) is 39.5 Å². The molecule has 0 aliphatic rings. The van der Waals surface area contributed by atoms with E-state index in [9.17, 15) is 0 Å². The second kappa shape index (κ2) is 19.3. The molecule has 11 aromatic rings. The van der Waals surface area contributed by atoms with Crippen molar-refractivity contribution in [1.82, 2.24) is 0 Å². The molecular weight excluding hydrogens is 845 g/mol. The molecule has 0 fully saturated rings. The normalized spacial score (nSPS) is 11.4. The van der Waals surface area contributed by atoms with Crippen molar-refractivity contribution in [3.63, 3.8) is 0 Å². The average molecular weight is 901 g/mol. The van der Waals surface area contributed by atoms with Crippen LogP contribution >= 0.6 is 0 Å². The van der Waals surface area contributed by atoms with Crippen LogP contribution in [-0.4, -0.2) is 0 Å². The number of hydrogen-bond acceptors (Lipinski definition) is 2. The highest BCUT2D eigenvalue weighted by atomic mass is 15.1. The standard InChI is InChI=1S/C68H56N2/c1-47(2)67-63-43-41-62(70(59-37-29-55(30-38-59)51-21-13-7-14-22-51)60-39-31-56(32-40-60)52-23-15-8-16-24-52)46-66(63)68(48(3)4)64-44-42-61(45-65(64)67)69(57-33-25-53(26-34-57)49-17-9-5-10-18-49)58-35-27-54(28-36-58)50-19-11-6-12-20-50/h5-48H,1-4H3. The number of hydrogen-bond donors (Lipinski definition) is 0. The Bertz CT molecular complexity index is 3120. The lowest BCUT2D eigenvalue weighted by Crippen LogP contribution is -2.11.